The number of hydrogen-bond donors (Lipinski definition) is 3. The molecule has 0 bridgehead atoms. The van der Waals surface area contributed by atoms with Crippen LogP contribution in [0.25, 0.3) is 0 Å². The monoisotopic (exact) mass is 1420 g/mol. The number of carbonyl (C=O) groups excluding carboxylic acids is 4. The molecule has 0 aromatic rings. The van der Waals surface area contributed by atoms with Crippen molar-refractivity contribution in [2.45, 2.75) is 367 Å². The van der Waals surface area contributed by atoms with E-state index in [2.05, 4.69) is 101 Å². The maximum Gasteiger partial charge on any atom is 0.472 e. The van der Waals surface area contributed by atoms with E-state index in [9.17, 15) is 43.2 Å². The molecular weight excluding hydrogens is 1280 g/mol. The van der Waals surface area contributed by atoms with E-state index in [0.717, 1.165) is 173 Å². The minimum absolute atomic E-state index is 0.0845. The minimum atomic E-state index is -4.97. The fraction of sp³-hybridized carbons (Fsp3) is 0.797. The van der Waals surface area contributed by atoms with Crippen molar-refractivity contribution in [1.29, 1.82) is 0 Å². The number of carbonyl (C=O) groups is 4. The van der Waals surface area contributed by atoms with Crippen LogP contribution in [0.5, 0.6) is 0 Å². The molecule has 0 aromatic carbocycles. The Morgan fingerprint density at radius 1 is 0.286 bits per heavy atom. The first-order valence-electron chi connectivity index (χ1n) is 39.2. The van der Waals surface area contributed by atoms with Crippen molar-refractivity contribution < 1.29 is 80.2 Å². The molecule has 0 aliphatic carbocycles. The number of allylic oxidation sites excluding steroid dienone is 12. The molecule has 0 spiro atoms. The molecule has 0 saturated carbocycles. The number of hydrogen-bond acceptors (Lipinski definition) is 15. The number of unbranched alkanes of at least 4 members (excludes halogenated alkanes) is 36. The predicted octanol–water partition coefficient (Wildman–Crippen LogP) is 22.4. The molecule has 0 rings (SSSR count). The van der Waals surface area contributed by atoms with E-state index in [4.69, 9.17) is 37.0 Å². The third-order valence-corrected chi connectivity index (χ3v) is 18.5. The summed E-state index contributed by atoms with van der Waals surface area (Å²) < 4.78 is 68.5. The second-order valence-corrected chi connectivity index (χ2v) is 29.2. The fourth-order valence-electron chi connectivity index (χ4n) is 10.6. The van der Waals surface area contributed by atoms with E-state index < -0.39 is 97.5 Å². The van der Waals surface area contributed by atoms with Crippen molar-refractivity contribution in [2.75, 3.05) is 39.6 Å². The summed E-state index contributed by atoms with van der Waals surface area (Å²) in [6.45, 7) is 4.77. The van der Waals surface area contributed by atoms with E-state index >= 15 is 0 Å². The molecule has 19 heteroatoms. The van der Waals surface area contributed by atoms with Crippen LogP contribution in [-0.2, 0) is 65.4 Å². The lowest BCUT2D eigenvalue weighted by Gasteiger charge is -2.21. The van der Waals surface area contributed by atoms with Gasteiger partial charge in [0.1, 0.15) is 19.3 Å². The van der Waals surface area contributed by atoms with Gasteiger partial charge in [-0.15, -0.1) is 0 Å². The molecule has 0 radical (unpaired) electrons. The van der Waals surface area contributed by atoms with Crippen LogP contribution in [0.15, 0.2) is 72.9 Å². The van der Waals surface area contributed by atoms with E-state index in [1.165, 1.54) is 96.3 Å². The topological polar surface area (TPSA) is 237 Å². The maximum atomic E-state index is 13.1. The number of phosphoric ester groups is 2. The van der Waals surface area contributed by atoms with Crippen molar-refractivity contribution >= 4 is 39.5 Å². The Bertz CT molecular complexity index is 2140. The summed E-state index contributed by atoms with van der Waals surface area (Å²) in [5.74, 6) is -2.19. The standard InChI is InChI=1S/C79H142O17P2/c1-5-9-13-17-21-25-29-33-34-35-36-37-38-42-44-48-52-56-60-64-77(82)90-70-75(96-79(84)66-62-58-54-50-46-41-32-28-24-20-16-12-8-4)72-94-98(87,88)92-68-73(80)67-91-97(85,86)93-71-74(95-78(83)65-61-57-53-49-45-40-31-27-23-19-15-11-7-3)69-89-76(81)63-59-55-51-47-43-39-30-26-22-18-14-10-6-2/h14,18,21,25-27,30-31,33-34,36-37,73-75,80H,5-13,15-17,19-20,22-24,28-29,32,35,38-72H2,1-4H3,(H,85,86)(H,87,88)/b18-14-,25-21-,30-26-,31-27-,34-33-,37-36-. The predicted molar refractivity (Wildman–Crippen MR) is 400 cm³/mol. The van der Waals surface area contributed by atoms with Crippen LogP contribution in [-0.4, -0.2) is 96.7 Å². The van der Waals surface area contributed by atoms with Gasteiger partial charge in [-0.25, -0.2) is 9.13 Å². The summed E-state index contributed by atoms with van der Waals surface area (Å²) in [7, 11) is -9.94. The van der Waals surface area contributed by atoms with E-state index in [1.807, 2.05) is 0 Å². The quantitative estimate of drug-likeness (QED) is 0.0169. The number of aliphatic hydroxyl groups excluding tert-OH is 1. The first-order chi connectivity index (χ1) is 47.7. The molecule has 17 nitrogen and oxygen atoms in total. The molecule has 0 aliphatic rings. The highest BCUT2D eigenvalue weighted by Crippen LogP contribution is 2.45. The lowest BCUT2D eigenvalue weighted by molar-refractivity contribution is -0.161. The average molecular weight is 1430 g/mol. The van der Waals surface area contributed by atoms with Crippen LogP contribution in [0.2, 0.25) is 0 Å². The molecule has 5 atom stereocenters. The van der Waals surface area contributed by atoms with Gasteiger partial charge in [0.2, 0.25) is 0 Å². The molecule has 0 aliphatic heterocycles. The van der Waals surface area contributed by atoms with E-state index in [0.29, 0.717) is 25.7 Å². The second kappa shape index (κ2) is 71.9. The fourth-order valence-corrected chi connectivity index (χ4v) is 12.2. The Morgan fingerprint density at radius 3 is 0.847 bits per heavy atom. The summed E-state index contributed by atoms with van der Waals surface area (Å²) in [4.78, 5) is 72.9. The zero-order chi connectivity index (χ0) is 71.8. The molecule has 570 valence electrons. The normalized spacial score (nSPS) is 14.3. The van der Waals surface area contributed by atoms with Gasteiger partial charge in [0, 0.05) is 25.7 Å². The molecule has 0 amide bonds. The van der Waals surface area contributed by atoms with Crippen molar-refractivity contribution in [2.24, 2.45) is 0 Å². The van der Waals surface area contributed by atoms with E-state index in [1.54, 1.807) is 0 Å². The summed E-state index contributed by atoms with van der Waals surface area (Å²) in [6.07, 6.45) is 71.7. The molecule has 0 fully saturated rings. The molecule has 0 saturated heterocycles. The summed E-state index contributed by atoms with van der Waals surface area (Å²) in [6, 6.07) is 0. The number of aliphatic hydroxyl groups is 1. The van der Waals surface area contributed by atoms with Crippen molar-refractivity contribution in [3.63, 3.8) is 0 Å². The third-order valence-electron chi connectivity index (χ3n) is 16.6. The third kappa shape index (κ3) is 70.9. The van der Waals surface area contributed by atoms with Gasteiger partial charge in [-0.1, -0.05) is 280 Å². The Hall–Kier alpha value is -3.50. The van der Waals surface area contributed by atoms with E-state index in [-0.39, 0.29) is 25.7 Å². The molecule has 98 heavy (non-hydrogen) atoms. The van der Waals surface area contributed by atoms with Crippen LogP contribution < -0.4 is 0 Å². The molecule has 0 heterocycles. The Balaban J connectivity index is 5.32. The largest absolute Gasteiger partial charge is 0.472 e. The maximum absolute atomic E-state index is 13.1. The van der Waals surface area contributed by atoms with Crippen molar-refractivity contribution in [1.82, 2.24) is 0 Å². The molecular formula is C79H142O17P2. The first kappa shape index (κ1) is 94.5. The van der Waals surface area contributed by atoms with Gasteiger partial charge >= 0.3 is 39.5 Å². The Labute approximate surface area is 596 Å². The van der Waals surface area contributed by atoms with Crippen LogP contribution in [0.3, 0.4) is 0 Å². The average Bonchev–Trinajstić information content (AvgIpc) is 0.979. The smallest absolute Gasteiger partial charge is 0.462 e. The number of esters is 4. The van der Waals surface area contributed by atoms with Gasteiger partial charge in [0.25, 0.3) is 0 Å². The zero-order valence-corrected chi connectivity index (χ0v) is 64.0. The first-order valence-corrected chi connectivity index (χ1v) is 42.2. The van der Waals surface area contributed by atoms with Gasteiger partial charge in [-0.3, -0.25) is 37.3 Å². The second-order valence-electron chi connectivity index (χ2n) is 26.3. The van der Waals surface area contributed by atoms with Gasteiger partial charge < -0.3 is 33.8 Å². The number of phosphoric acid groups is 2. The highest BCUT2D eigenvalue weighted by atomic mass is 31.2. The van der Waals surface area contributed by atoms with Gasteiger partial charge in [0.05, 0.1) is 26.4 Å². The van der Waals surface area contributed by atoms with Crippen LogP contribution >= 0.6 is 15.6 Å². The lowest BCUT2D eigenvalue weighted by Crippen LogP contribution is -2.30. The van der Waals surface area contributed by atoms with Gasteiger partial charge in [-0.2, -0.15) is 0 Å². The zero-order valence-electron chi connectivity index (χ0n) is 62.2. The highest BCUT2D eigenvalue weighted by molar-refractivity contribution is 7.47. The Morgan fingerprint density at radius 2 is 0.520 bits per heavy atom. The summed E-state index contributed by atoms with van der Waals surface area (Å²) in [5, 5.41) is 10.6. The van der Waals surface area contributed by atoms with Crippen LogP contribution in [0.4, 0.5) is 0 Å². The SMILES string of the molecule is CCC/C=C\C/C=C\CCCCCCCC(=O)OCC(COP(=O)(O)OCC(O)COP(=O)(O)OCC(COC(=O)CCCCCCCC/C=C\C/C=C\C/C=C\CCCCC)OC(=O)CCCCCCCCCCCCCCC)OC(=O)CCCCCCC/C=C\CCCCCC. The summed E-state index contributed by atoms with van der Waals surface area (Å²) >= 11 is 0. The minimum Gasteiger partial charge on any atom is -0.462 e. The Kier molecular flexibility index (Phi) is 69.3. The molecule has 5 unspecified atom stereocenters. The van der Waals surface area contributed by atoms with Gasteiger partial charge in [-0.05, 0) is 116 Å². The summed E-state index contributed by atoms with van der Waals surface area (Å²) in [5.41, 5.74) is 0. The molecule has 3 N–H and O–H groups in total. The number of rotatable bonds is 74. The van der Waals surface area contributed by atoms with Gasteiger partial charge in [0.15, 0.2) is 12.2 Å². The lowest BCUT2D eigenvalue weighted by atomic mass is 10.0. The van der Waals surface area contributed by atoms with Crippen molar-refractivity contribution in [3.8, 4) is 0 Å². The van der Waals surface area contributed by atoms with Crippen LogP contribution in [0.1, 0.15) is 349 Å². The highest BCUT2D eigenvalue weighted by Gasteiger charge is 2.30. The van der Waals surface area contributed by atoms with Crippen LogP contribution in [0, 0.1) is 0 Å². The number of ether oxygens (including phenoxy) is 4. The molecule has 0 aromatic heterocycles. The van der Waals surface area contributed by atoms with Crippen molar-refractivity contribution in [3.05, 3.63) is 72.9 Å².